The van der Waals surface area contributed by atoms with Crippen LogP contribution in [-0.4, -0.2) is 30.8 Å². The fourth-order valence-corrected chi connectivity index (χ4v) is 3.96. The number of benzene rings is 2. The number of methoxy groups -OCH3 is 1. The summed E-state index contributed by atoms with van der Waals surface area (Å²) in [5, 5.41) is 7.71. The lowest BCUT2D eigenvalue weighted by Gasteiger charge is -2.00. The van der Waals surface area contributed by atoms with Crippen molar-refractivity contribution >= 4 is 9.84 Å². The van der Waals surface area contributed by atoms with Crippen LogP contribution < -0.4 is 4.74 Å². The summed E-state index contributed by atoms with van der Waals surface area (Å²) in [4.78, 5) is 4.18. The van der Waals surface area contributed by atoms with Crippen molar-refractivity contribution in [3.05, 3.63) is 72.2 Å². The van der Waals surface area contributed by atoms with Gasteiger partial charge in [0.2, 0.25) is 11.7 Å². The molecule has 148 valence electrons. The van der Waals surface area contributed by atoms with Crippen LogP contribution in [0.25, 0.3) is 22.7 Å². The SMILES string of the molecule is COc1cccc(-c2noc(CS(=O)(=O)Cc3cc(-c4ccccc4)on3)n2)c1. The van der Waals surface area contributed by atoms with Crippen molar-refractivity contribution in [1.29, 1.82) is 0 Å². The van der Waals surface area contributed by atoms with Gasteiger partial charge in [-0.05, 0) is 12.1 Å². The lowest BCUT2D eigenvalue weighted by molar-refractivity contribution is 0.389. The summed E-state index contributed by atoms with van der Waals surface area (Å²) in [5.74, 6) is 0.768. The number of hydrogen-bond acceptors (Lipinski definition) is 8. The van der Waals surface area contributed by atoms with Crippen molar-refractivity contribution in [1.82, 2.24) is 15.3 Å². The van der Waals surface area contributed by atoms with Crippen LogP contribution in [0.2, 0.25) is 0 Å². The Morgan fingerprint density at radius 3 is 2.48 bits per heavy atom. The number of nitrogens with zero attached hydrogens (tertiary/aromatic N) is 3. The maximum Gasteiger partial charge on any atom is 0.242 e. The van der Waals surface area contributed by atoms with Gasteiger partial charge < -0.3 is 13.8 Å². The second kappa shape index (κ2) is 7.88. The average molecular weight is 411 g/mol. The maximum absolute atomic E-state index is 12.5. The van der Waals surface area contributed by atoms with Gasteiger partial charge in [0.25, 0.3) is 0 Å². The third kappa shape index (κ3) is 4.52. The van der Waals surface area contributed by atoms with Crippen LogP contribution in [-0.2, 0) is 21.3 Å². The molecular formula is C20H17N3O5S. The monoisotopic (exact) mass is 411 g/mol. The van der Waals surface area contributed by atoms with E-state index >= 15 is 0 Å². The second-order valence-corrected chi connectivity index (χ2v) is 8.39. The van der Waals surface area contributed by atoms with Crippen molar-refractivity contribution in [2.75, 3.05) is 7.11 Å². The molecule has 2 heterocycles. The first-order valence-corrected chi connectivity index (χ1v) is 10.5. The zero-order chi connectivity index (χ0) is 20.3. The summed E-state index contributed by atoms with van der Waals surface area (Å²) in [6, 6.07) is 18.0. The van der Waals surface area contributed by atoms with E-state index in [1.807, 2.05) is 30.3 Å². The van der Waals surface area contributed by atoms with Crippen LogP contribution in [0, 0.1) is 0 Å². The third-order valence-electron chi connectivity index (χ3n) is 4.12. The van der Waals surface area contributed by atoms with Gasteiger partial charge in [0.05, 0.1) is 18.6 Å². The van der Waals surface area contributed by atoms with Crippen molar-refractivity contribution in [3.63, 3.8) is 0 Å². The molecule has 0 aliphatic heterocycles. The molecule has 0 spiro atoms. The summed E-state index contributed by atoms with van der Waals surface area (Å²) in [5.41, 5.74) is 1.81. The summed E-state index contributed by atoms with van der Waals surface area (Å²) in [7, 11) is -2.03. The van der Waals surface area contributed by atoms with E-state index in [1.54, 1.807) is 37.4 Å². The van der Waals surface area contributed by atoms with Gasteiger partial charge in [0.1, 0.15) is 11.5 Å². The van der Waals surface area contributed by atoms with Crippen LogP contribution in [0.15, 0.2) is 69.7 Å². The van der Waals surface area contributed by atoms with E-state index in [0.29, 0.717) is 28.6 Å². The van der Waals surface area contributed by atoms with Crippen molar-refractivity contribution in [2.24, 2.45) is 0 Å². The molecule has 0 N–H and O–H groups in total. The molecule has 0 atom stereocenters. The topological polar surface area (TPSA) is 108 Å². The molecule has 4 rings (SSSR count). The van der Waals surface area contributed by atoms with Crippen molar-refractivity contribution in [3.8, 4) is 28.5 Å². The predicted molar refractivity (Wildman–Crippen MR) is 105 cm³/mol. The lowest BCUT2D eigenvalue weighted by Crippen LogP contribution is -2.08. The first kappa shape index (κ1) is 18.9. The number of rotatable bonds is 7. The highest BCUT2D eigenvalue weighted by atomic mass is 32.2. The van der Waals surface area contributed by atoms with Crippen LogP contribution >= 0.6 is 0 Å². The molecule has 2 aromatic heterocycles. The van der Waals surface area contributed by atoms with E-state index < -0.39 is 15.6 Å². The molecule has 0 aliphatic rings. The molecule has 0 aliphatic carbocycles. The highest BCUT2D eigenvalue weighted by Crippen LogP contribution is 2.23. The Morgan fingerprint density at radius 1 is 0.897 bits per heavy atom. The summed E-state index contributed by atoms with van der Waals surface area (Å²) >= 11 is 0. The van der Waals surface area contributed by atoms with E-state index in [-0.39, 0.29) is 11.6 Å². The smallest absolute Gasteiger partial charge is 0.242 e. The van der Waals surface area contributed by atoms with Crippen molar-refractivity contribution < 1.29 is 22.2 Å². The van der Waals surface area contributed by atoms with Gasteiger partial charge in [-0.25, -0.2) is 8.42 Å². The lowest BCUT2D eigenvalue weighted by atomic mass is 10.2. The number of sulfone groups is 1. The number of ether oxygens (including phenoxy) is 1. The molecule has 2 aromatic carbocycles. The molecule has 0 radical (unpaired) electrons. The highest BCUT2D eigenvalue weighted by molar-refractivity contribution is 7.89. The van der Waals surface area contributed by atoms with Gasteiger partial charge >= 0.3 is 0 Å². The first-order valence-electron chi connectivity index (χ1n) is 8.71. The maximum atomic E-state index is 12.5. The van der Waals surface area contributed by atoms with E-state index in [2.05, 4.69) is 15.3 Å². The summed E-state index contributed by atoms with van der Waals surface area (Å²) in [6.07, 6.45) is 0. The summed E-state index contributed by atoms with van der Waals surface area (Å²) < 4.78 is 40.6. The fourth-order valence-electron chi connectivity index (χ4n) is 2.78. The van der Waals surface area contributed by atoms with Gasteiger partial charge in [0.15, 0.2) is 15.6 Å². The van der Waals surface area contributed by atoms with Gasteiger partial charge in [-0.15, -0.1) is 0 Å². The largest absolute Gasteiger partial charge is 0.497 e. The zero-order valence-corrected chi connectivity index (χ0v) is 16.3. The molecule has 0 amide bonds. The molecule has 0 saturated carbocycles. The normalized spacial score (nSPS) is 11.5. The Bertz CT molecular complexity index is 1220. The van der Waals surface area contributed by atoms with Crippen molar-refractivity contribution in [2.45, 2.75) is 11.5 Å². The second-order valence-electron chi connectivity index (χ2n) is 6.32. The summed E-state index contributed by atoms with van der Waals surface area (Å²) in [6.45, 7) is 0. The van der Waals surface area contributed by atoms with E-state index in [9.17, 15) is 8.42 Å². The minimum absolute atomic E-state index is 0.00889. The minimum atomic E-state index is -3.58. The Kier molecular flexibility index (Phi) is 5.13. The van der Waals surface area contributed by atoms with Gasteiger partial charge in [-0.2, -0.15) is 4.98 Å². The minimum Gasteiger partial charge on any atom is -0.497 e. The zero-order valence-electron chi connectivity index (χ0n) is 15.5. The number of aromatic nitrogens is 3. The van der Waals surface area contributed by atoms with Gasteiger partial charge in [-0.1, -0.05) is 52.8 Å². The quantitative estimate of drug-likeness (QED) is 0.454. The predicted octanol–water partition coefficient (Wildman–Crippen LogP) is 3.52. The molecule has 0 saturated heterocycles. The van der Waals surface area contributed by atoms with Crippen LogP contribution in [0.5, 0.6) is 5.75 Å². The fraction of sp³-hybridized carbons (Fsp3) is 0.150. The average Bonchev–Trinajstić information content (AvgIpc) is 3.38. The molecule has 4 aromatic rings. The molecular weight excluding hydrogens is 394 g/mol. The Hall–Kier alpha value is -3.46. The van der Waals surface area contributed by atoms with Crippen LogP contribution in [0.1, 0.15) is 11.6 Å². The molecule has 0 unspecified atom stereocenters. The van der Waals surface area contributed by atoms with Crippen LogP contribution in [0.4, 0.5) is 0 Å². The molecule has 0 fully saturated rings. The number of hydrogen-bond donors (Lipinski definition) is 0. The molecule has 9 heteroatoms. The first-order chi connectivity index (χ1) is 14.0. The van der Waals surface area contributed by atoms with Crippen LogP contribution in [0.3, 0.4) is 0 Å². The standard InChI is InChI=1S/C20H17N3O5S/c1-26-17-9-5-8-15(10-17)20-21-19(28-23-20)13-29(24,25)12-16-11-18(27-22-16)14-6-3-2-4-7-14/h2-11H,12-13H2,1H3. The molecule has 29 heavy (non-hydrogen) atoms. The Balaban J connectivity index is 1.47. The van der Waals surface area contributed by atoms with Gasteiger partial charge in [-0.3, -0.25) is 0 Å². The van der Waals surface area contributed by atoms with Gasteiger partial charge in [0, 0.05) is 17.2 Å². The highest BCUT2D eigenvalue weighted by Gasteiger charge is 2.21. The van der Waals surface area contributed by atoms with E-state index in [0.717, 1.165) is 5.56 Å². The Labute approximate surface area is 167 Å². The molecule has 0 bridgehead atoms. The molecule has 8 nitrogen and oxygen atoms in total. The Morgan fingerprint density at radius 2 is 1.69 bits per heavy atom. The third-order valence-corrected chi connectivity index (χ3v) is 5.55. The van der Waals surface area contributed by atoms with E-state index in [4.69, 9.17) is 13.8 Å². The van der Waals surface area contributed by atoms with E-state index in [1.165, 1.54) is 0 Å².